The third-order valence-corrected chi connectivity index (χ3v) is 23.4. The number of hydrogen-bond donors (Lipinski definition) is 0. The molecule has 0 fully saturated rings. The van der Waals surface area contributed by atoms with Crippen LogP contribution in [0.1, 0.15) is 22.3 Å². The van der Waals surface area contributed by atoms with Crippen molar-refractivity contribution in [3.05, 3.63) is 393 Å². The summed E-state index contributed by atoms with van der Waals surface area (Å²) in [6.07, 6.45) is 7.68. The van der Waals surface area contributed by atoms with E-state index in [1.807, 2.05) is 152 Å². The fraction of sp³-hybridized carbons (Fsp3) is 0. The van der Waals surface area contributed by atoms with Gasteiger partial charge in [0.2, 0.25) is 0 Å². The van der Waals surface area contributed by atoms with Gasteiger partial charge in [-0.2, -0.15) is 21.0 Å². The Balaban J connectivity index is 0.771. The molecule has 0 saturated heterocycles. The molecule has 0 aliphatic carbocycles. The van der Waals surface area contributed by atoms with Crippen LogP contribution in [0.25, 0.3) is 211 Å². The minimum atomic E-state index is 0.453. The number of nitriles is 4. The molecule has 0 spiro atoms. The van der Waals surface area contributed by atoms with Gasteiger partial charge in [0.15, 0.2) is 17.5 Å². The van der Waals surface area contributed by atoms with E-state index in [9.17, 15) is 21.0 Å². The summed E-state index contributed by atoms with van der Waals surface area (Å²) in [5.41, 5.74) is 28.0. The maximum atomic E-state index is 9.84. The molecule has 22 aromatic rings. The number of hydrogen-bond acceptors (Lipinski definition) is 9. The first-order valence-corrected chi connectivity index (χ1v) is 39.5. The summed E-state index contributed by atoms with van der Waals surface area (Å²) in [6, 6.07) is 128. The standard InChI is InChI=1S/C107H61N13/c108-60-66-22-30-70(31-23-66)75-40-46-97-89(54-75)81-14-4-8-18-93(81)117(97)101-58-79(38-44-85(101)87-50-52-112-64-103(87)119-95-20-10-6-16-83(95)91-56-77(42-48-99(91)119)72-34-26-68(62-110)27-35-72)106-114-105(74-12-2-1-3-13-74)115-107(116-106)80-39-45-86(102(59-80)118-94-19-9-5-15-82(94)90-55-76(41-47-98(90)118)71-32-24-67(61-109)25-33-71)88-51-53-113-65-104(88)120-96-21-11-7-17-84(96)92-57-78(43-49-100(92)120)73-36-28-69(63-111)29-37-73/h1-59,64-65H. The zero-order valence-corrected chi connectivity index (χ0v) is 64.0. The summed E-state index contributed by atoms with van der Waals surface area (Å²) in [6.45, 7) is 0. The SMILES string of the molecule is N#Cc1ccc(-c2ccc3c(c2)c2ccccc2n3-c2cnccc2-c2ccc(-c3nc(-c4ccccc4)nc(-c4ccc(-c5ccncc5-n5c6ccccc6c6cc(-c7ccc(C#N)cc7)ccc65)c(-n5c6ccccc6c6cc(-c7ccc(C#N)cc7)ccc65)c4)n3)cc2-n2c3ccccc3c3cc(-c4ccc(C#N)cc4)ccc32)cc1. The first-order valence-electron chi connectivity index (χ1n) is 39.5. The zero-order valence-electron chi connectivity index (χ0n) is 64.0. The molecule has 13 nitrogen and oxygen atoms in total. The zero-order chi connectivity index (χ0) is 80.1. The number of benzene rings is 15. The molecule has 7 aromatic heterocycles. The lowest BCUT2D eigenvalue weighted by atomic mass is 9.99. The molecule has 120 heavy (non-hydrogen) atoms. The van der Waals surface area contributed by atoms with E-state index in [1.54, 1.807) is 0 Å². The second kappa shape index (κ2) is 28.4. The molecule has 0 amide bonds. The number of rotatable bonds is 13. The van der Waals surface area contributed by atoms with E-state index < -0.39 is 0 Å². The van der Waals surface area contributed by atoms with Gasteiger partial charge in [0, 0.05) is 94.4 Å². The lowest BCUT2D eigenvalue weighted by Crippen LogP contribution is -2.05. The largest absolute Gasteiger partial charge is 0.309 e. The highest BCUT2D eigenvalue weighted by Crippen LogP contribution is 2.47. The Labute approximate surface area is 687 Å². The van der Waals surface area contributed by atoms with E-state index in [-0.39, 0.29) is 0 Å². The molecule has 0 radical (unpaired) electrons. The average Bonchev–Trinajstić information content (AvgIpc) is 1.56. The first-order chi connectivity index (χ1) is 59.3. The number of aromatic nitrogens is 9. The summed E-state index contributed by atoms with van der Waals surface area (Å²) >= 11 is 0. The van der Waals surface area contributed by atoms with Crippen LogP contribution in [0.2, 0.25) is 0 Å². The van der Waals surface area contributed by atoms with Crippen molar-refractivity contribution in [1.82, 2.24) is 43.2 Å². The lowest BCUT2D eigenvalue weighted by molar-refractivity contribution is 1.07. The van der Waals surface area contributed by atoms with Gasteiger partial charge < -0.3 is 18.3 Å². The van der Waals surface area contributed by atoms with Gasteiger partial charge in [0.1, 0.15) is 0 Å². The minimum Gasteiger partial charge on any atom is -0.309 e. The summed E-state index contributed by atoms with van der Waals surface area (Å²) in [5, 5.41) is 47.6. The maximum Gasteiger partial charge on any atom is 0.164 e. The third kappa shape index (κ3) is 11.5. The summed E-state index contributed by atoms with van der Waals surface area (Å²) < 4.78 is 9.41. The predicted octanol–water partition coefficient (Wildman–Crippen LogP) is 25.5. The molecule has 13 heteroatoms. The second-order valence-electron chi connectivity index (χ2n) is 30.0. The van der Waals surface area contributed by atoms with Crippen LogP contribution >= 0.6 is 0 Å². The molecule has 0 unspecified atom stereocenters. The van der Waals surface area contributed by atoms with E-state index in [0.717, 1.165) is 193 Å². The van der Waals surface area contributed by atoms with Crippen LogP contribution in [-0.2, 0) is 0 Å². The Morgan fingerprint density at radius 3 is 0.750 bits per heavy atom. The molecular weight excluding hydrogens is 1470 g/mol. The van der Waals surface area contributed by atoms with Crippen LogP contribution < -0.4 is 0 Å². The van der Waals surface area contributed by atoms with Crippen molar-refractivity contribution in [3.63, 3.8) is 0 Å². The van der Waals surface area contributed by atoms with Crippen LogP contribution in [0.15, 0.2) is 371 Å². The van der Waals surface area contributed by atoms with Gasteiger partial charge in [-0.25, -0.2) is 15.0 Å². The minimum absolute atomic E-state index is 0.453. The van der Waals surface area contributed by atoms with Gasteiger partial charge in [-0.15, -0.1) is 0 Å². The van der Waals surface area contributed by atoms with Gasteiger partial charge in [-0.3, -0.25) is 9.97 Å². The van der Waals surface area contributed by atoms with E-state index >= 15 is 0 Å². The molecule has 22 rings (SSSR count). The Hall–Kier alpha value is -17.2. The summed E-state index contributed by atoms with van der Waals surface area (Å²) in [7, 11) is 0. The van der Waals surface area contributed by atoms with E-state index in [4.69, 9.17) is 24.9 Å². The van der Waals surface area contributed by atoms with Gasteiger partial charge in [0.05, 0.1) is 126 Å². The van der Waals surface area contributed by atoms with Crippen molar-refractivity contribution in [3.8, 4) is 148 Å². The highest BCUT2D eigenvalue weighted by atomic mass is 15.1. The highest BCUT2D eigenvalue weighted by Gasteiger charge is 2.27. The molecule has 7 heterocycles. The van der Waals surface area contributed by atoms with Crippen LogP contribution in [0, 0.1) is 45.3 Å². The smallest absolute Gasteiger partial charge is 0.164 e. The van der Waals surface area contributed by atoms with Gasteiger partial charge in [0.25, 0.3) is 0 Å². The lowest BCUT2D eigenvalue weighted by Gasteiger charge is -2.20. The van der Waals surface area contributed by atoms with Crippen molar-refractivity contribution < 1.29 is 0 Å². The quantitative estimate of drug-likeness (QED) is 0.109. The van der Waals surface area contributed by atoms with Crippen LogP contribution in [-0.4, -0.2) is 43.2 Å². The fourth-order valence-electron chi connectivity index (χ4n) is 17.7. The number of nitrogens with zero attached hydrogens (tertiary/aromatic N) is 13. The molecule has 0 saturated carbocycles. The molecular formula is C107H61N13. The number of pyridine rings is 2. The summed E-state index contributed by atoms with van der Waals surface area (Å²) in [5.74, 6) is 1.39. The van der Waals surface area contributed by atoms with E-state index in [2.05, 4.69) is 261 Å². The summed E-state index contributed by atoms with van der Waals surface area (Å²) in [4.78, 5) is 26.6. The predicted molar refractivity (Wildman–Crippen MR) is 481 cm³/mol. The van der Waals surface area contributed by atoms with Gasteiger partial charge in [-0.1, -0.05) is 200 Å². The topological polar surface area (TPSA) is 179 Å². The van der Waals surface area contributed by atoms with Crippen molar-refractivity contribution in [2.45, 2.75) is 0 Å². The van der Waals surface area contributed by atoms with Crippen molar-refractivity contribution in [2.75, 3.05) is 0 Å². The van der Waals surface area contributed by atoms with Crippen LogP contribution in [0.3, 0.4) is 0 Å². The van der Waals surface area contributed by atoms with Crippen molar-refractivity contribution in [2.24, 2.45) is 0 Å². The van der Waals surface area contributed by atoms with Crippen LogP contribution in [0.4, 0.5) is 0 Å². The average molecular weight is 1530 g/mol. The molecule has 0 bridgehead atoms. The van der Waals surface area contributed by atoms with Gasteiger partial charge in [-0.05, 0) is 190 Å². The Kier molecular flexibility index (Phi) is 16.4. The second-order valence-corrected chi connectivity index (χ2v) is 30.0. The highest BCUT2D eigenvalue weighted by molar-refractivity contribution is 6.15. The Bertz CT molecular complexity index is 7720. The van der Waals surface area contributed by atoms with Crippen molar-refractivity contribution in [1.29, 1.82) is 21.0 Å². The molecule has 0 aliphatic rings. The van der Waals surface area contributed by atoms with Crippen molar-refractivity contribution >= 4 is 87.2 Å². The Morgan fingerprint density at radius 2 is 0.442 bits per heavy atom. The molecule has 15 aromatic carbocycles. The first kappa shape index (κ1) is 69.5. The Morgan fingerprint density at radius 1 is 0.192 bits per heavy atom. The number of para-hydroxylation sites is 4. The molecule has 554 valence electrons. The number of fused-ring (bicyclic) bond motifs is 12. The van der Waals surface area contributed by atoms with E-state index in [0.29, 0.717) is 39.7 Å². The molecule has 0 N–H and O–H groups in total. The van der Waals surface area contributed by atoms with Crippen LogP contribution in [0.5, 0.6) is 0 Å². The normalized spacial score (nSPS) is 11.5. The van der Waals surface area contributed by atoms with Gasteiger partial charge >= 0.3 is 0 Å². The maximum absolute atomic E-state index is 9.84. The fourth-order valence-corrected chi connectivity index (χ4v) is 17.7. The third-order valence-electron chi connectivity index (χ3n) is 23.4. The molecule has 0 atom stereocenters. The monoisotopic (exact) mass is 1530 g/mol. The molecule has 0 aliphatic heterocycles. The van der Waals surface area contributed by atoms with E-state index in [1.165, 1.54) is 0 Å².